The van der Waals surface area contributed by atoms with E-state index in [1.807, 2.05) is 0 Å². The van der Waals surface area contributed by atoms with Crippen LogP contribution in [0.3, 0.4) is 0 Å². The number of hydrogen-bond donors (Lipinski definition) is 1. The molecule has 0 saturated heterocycles. The Hall–Kier alpha value is -0.950. The van der Waals surface area contributed by atoms with Gasteiger partial charge in [-0.3, -0.25) is 4.79 Å². The van der Waals surface area contributed by atoms with Gasteiger partial charge in [0.25, 0.3) is 5.91 Å². The number of halogens is 2. The molecule has 1 aromatic carbocycles. The minimum absolute atomic E-state index is 0.158. The molecular formula is C14H13FINOS. The van der Waals surface area contributed by atoms with Gasteiger partial charge in [0.15, 0.2) is 0 Å². The van der Waals surface area contributed by atoms with Gasteiger partial charge >= 0.3 is 0 Å². The van der Waals surface area contributed by atoms with Gasteiger partial charge in [0.2, 0.25) is 0 Å². The van der Waals surface area contributed by atoms with Crippen LogP contribution in [0.15, 0.2) is 30.3 Å². The number of aryl methyl sites for hydroxylation is 1. The molecule has 19 heavy (non-hydrogen) atoms. The molecule has 1 heterocycles. The molecule has 0 aliphatic rings. The quantitative estimate of drug-likeness (QED) is 0.793. The van der Waals surface area contributed by atoms with Gasteiger partial charge in [0.1, 0.15) is 5.82 Å². The van der Waals surface area contributed by atoms with E-state index in [4.69, 9.17) is 0 Å². The first kappa shape index (κ1) is 14.5. The minimum atomic E-state index is -0.287. The van der Waals surface area contributed by atoms with Crippen molar-refractivity contribution in [1.29, 1.82) is 0 Å². The number of nitrogens with one attached hydrogen (secondary N) is 1. The first-order chi connectivity index (χ1) is 9.06. The molecule has 2 rings (SSSR count). The maximum atomic E-state index is 13.1. The van der Waals surface area contributed by atoms with Crippen molar-refractivity contribution < 1.29 is 9.18 Å². The summed E-state index contributed by atoms with van der Waals surface area (Å²) in [7, 11) is 0. The molecule has 0 spiro atoms. The highest BCUT2D eigenvalue weighted by Crippen LogP contribution is 2.18. The smallest absolute Gasteiger partial charge is 0.251 e. The van der Waals surface area contributed by atoms with Gasteiger partial charge in [-0.2, -0.15) is 0 Å². The number of amides is 1. The molecule has 2 nitrogen and oxygen atoms in total. The van der Waals surface area contributed by atoms with E-state index >= 15 is 0 Å². The second kappa shape index (κ2) is 6.47. The third-order valence-corrected chi connectivity index (χ3v) is 4.66. The van der Waals surface area contributed by atoms with E-state index in [1.54, 1.807) is 24.3 Å². The van der Waals surface area contributed by atoms with Crippen LogP contribution in [0.2, 0.25) is 0 Å². The second-order valence-corrected chi connectivity index (χ2v) is 7.24. The normalized spacial score (nSPS) is 10.5. The lowest BCUT2D eigenvalue weighted by Gasteiger charge is -2.05. The van der Waals surface area contributed by atoms with Crippen molar-refractivity contribution in [2.45, 2.75) is 13.3 Å². The Morgan fingerprint density at radius 2 is 2.16 bits per heavy atom. The van der Waals surface area contributed by atoms with Gasteiger partial charge in [-0.05, 0) is 71.8 Å². The van der Waals surface area contributed by atoms with Crippen LogP contribution >= 0.6 is 33.9 Å². The van der Waals surface area contributed by atoms with E-state index in [0.29, 0.717) is 17.7 Å². The Bertz CT molecular complexity index is 597. The van der Waals surface area contributed by atoms with Crippen molar-refractivity contribution in [3.05, 3.63) is 55.0 Å². The third-order valence-electron chi connectivity index (χ3n) is 2.71. The second-order valence-electron chi connectivity index (χ2n) is 4.18. The number of carbonyl (C=O) groups excluding carboxylic acids is 1. The average Bonchev–Trinajstić information content (AvgIpc) is 2.78. The van der Waals surface area contributed by atoms with Crippen molar-refractivity contribution in [3.63, 3.8) is 0 Å². The van der Waals surface area contributed by atoms with Gasteiger partial charge in [-0.1, -0.05) is 0 Å². The van der Waals surface area contributed by atoms with Crippen molar-refractivity contribution in [2.24, 2.45) is 0 Å². The van der Waals surface area contributed by atoms with E-state index in [1.165, 1.54) is 19.9 Å². The maximum Gasteiger partial charge on any atom is 0.251 e. The van der Waals surface area contributed by atoms with Gasteiger partial charge in [0.05, 0.1) is 2.88 Å². The summed E-state index contributed by atoms with van der Waals surface area (Å²) in [6.45, 7) is 2.24. The number of thiophene rings is 1. The van der Waals surface area contributed by atoms with Crippen molar-refractivity contribution in [1.82, 2.24) is 5.32 Å². The monoisotopic (exact) mass is 389 g/mol. The molecule has 0 aliphatic carbocycles. The van der Waals surface area contributed by atoms with Crippen LogP contribution in [0.25, 0.3) is 0 Å². The van der Waals surface area contributed by atoms with Crippen molar-refractivity contribution in [2.75, 3.05) is 6.54 Å². The minimum Gasteiger partial charge on any atom is -0.352 e. The first-order valence-electron chi connectivity index (χ1n) is 5.85. The van der Waals surface area contributed by atoms with Crippen LogP contribution in [0.4, 0.5) is 4.39 Å². The molecule has 0 aliphatic heterocycles. The van der Waals surface area contributed by atoms with Gasteiger partial charge < -0.3 is 5.32 Å². The molecule has 1 N–H and O–H groups in total. The molecule has 0 fully saturated rings. The number of carbonyl (C=O) groups is 1. The summed E-state index contributed by atoms with van der Waals surface area (Å²) in [6, 6.07) is 8.53. The first-order valence-corrected chi connectivity index (χ1v) is 7.74. The van der Waals surface area contributed by atoms with Crippen molar-refractivity contribution in [3.8, 4) is 0 Å². The predicted octanol–water partition coefficient (Wildman–Crippen LogP) is 3.77. The Morgan fingerprint density at radius 1 is 1.37 bits per heavy atom. The molecule has 100 valence electrons. The zero-order valence-corrected chi connectivity index (χ0v) is 13.3. The van der Waals surface area contributed by atoms with E-state index in [0.717, 1.165) is 6.42 Å². The fraction of sp³-hybridized carbons (Fsp3) is 0.214. The molecule has 5 heteroatoms. The predicted molar refractivity (Wildman–Crippen MR) is 84.2 cm³/mol. The van der Waals surface area contributed by atoms with E-state index in [-0.39, 0.29) is 11.7 Å². The summed E-state index contributed by atoms with van der Waals surface area (Å²) in [5.41, 5.74) is 0.986. The summed E-state index contributed by atoms with van der Waals surface area (Å²) in [4.78, 5) is 13.1. The lowest BCUT2D eigenvalue weighted by molar-refractivity contribution is 0.0954. The Balaban J connectivity index is 1.89. The third kappa shape index (κ3) is 4.01. The maximum absolute atomic E-state index is 13.1. The van der Waals surface area contributed by atoms with E-state index in [9.17, 15) is 9.18 Å². The summed E-state index contributed by atoms with van der Waals surface area (Å²) < 4.78 is 14.4. The summed E-state index contributed by atoms with van der Waals surface area (Å²) in [5.74, 6) is -0.445. The van der Waals surface area contributed by atoms with E-state index in [2.05, 4.69) is 40.0 Å². The van der Waals surface area contributed by atoms with Crippen LogP contribution in [-0.4, -0.2) is 12.5 Å². The lowest BCUT2D eigenvalue weighted by Crippen LogP contribution is -2.25. The lowest BCUT2D eigenvalue weighted by atomic mass is 10.1. The van der Waals surface area contributed by atoms with Crippen LogP contribution in [0.5, 0.6) is 0 Å². The van der Waals surface area contributed by atoms with Crippen LogP contribution in [-0.2, 0) is 6.42 Å². The molecular weight excluding hydrogens is 376 g/mol. The van der Waals surface area contributed by atoms with Gasteiger partial charge in [-0.25, -0.2) is 4.39 Å². The fourth-order valence-corrected chi connectivity index (χ4v) is 3.43. The molecule has 0 atom stereocenters. The largest absolute Gasteiger partial charge is 0.352 e. The summed E-state index contributed by atoms with van der Waals surface area (Å²) in [5, 5.41) is 2.85. The summed E-state index contributed by atoms with van der Waals surface area (Å²) >= 11 is 4.00. The molecule has 0 bridgehead atoms. The van der Waals surface area contributed by atoms with Gasteiger partial charge in [-0.15, -0.1) is 11.3 Å². The SMILES string of the molecule is Cc1cc(C(=O)NCCc2ccc(I)s2)ccc1F. The van der Waals surface area contributed by atoms with Crippen LogP contribution in [0, 0.1) is 15.6 Å². The van der Waals surface area contributed by atoms with Gasteiger partial charge in [0, 0.05) is 17.0 Å². The highest BCUT2D eigenvalue weighted by Gasteiger charge is 2.07. The van der Waals surface area contributed by atoms with Crippen LogP contribution < -0.4 is 5.32 Å². The zero-order chi connectivity index (χ0) is 13.8. The molecule has 1 aromatic heterocycles. The topological polar surface area (TPSA) is 29.1 Å². The highest BCUT2D eigenvalue weighted by atomic mass is 127. The Labute approximate surface area is 129 Å². The van der Waals surface area contributed by atoms with Crippen molar-refractivity contribution >= 4 is 39.8 Å². The molecule has 1 amide bonds. The average molecular weight is 389 g/mol. The standard InChI is InChI=1S/C14H13FINOS/c1-9-8-10(2-4-12(9)15)14(18)17-7-6-11-3-5-13(16)19-11/h2-5,8H,6-7H2,1H3,(H,17,18). The van der Waals surface area contributed by atoms with Crippen LogP contribution in [0.1, 0.15) is 20.8 Å². The number of benzene rings is 1. The molecule has 0 radical (unpaired) electrons. The van der Waals surface area contributed by atoms with E-state index < -0.39 is 0 Å². The number of hydrogen-bond acceptors (Lipinski definition) is 2. The highest BCUT2D eigenvalue weighted by molar-refractivity contribution is 14.1. The molecule has 2 aromatic rings. The Kier molecular flexibility index (Phi) is 4.93. The molecule has 0 unspecified atom stereocenters. The Morgan fingerprint density at radius 3 is 2.79 bits per heavy atom. The fourth-order valence-electron chi connectivity index (χ4n) is 1.67. The zero-order valence-electron chi connectivity index (χ0n) is 10.4. The number of rotatable bonds is 4. The molecule has 0 saturated carbocycles. The summed E-state index contributed by atoms with van der Waals surface area (Å²) in [6.07, 6.45) is 0.819.